The summed E-state index contributed by atoms with van der Waals surface area (Å²) >= 11 is 0. The van der Waals surface area contributed by atoms with Crippen LogP contribution in [0.5, 0.6) is 0 Å². The van der Waals surface area contributed by atoms with Gasteiger partial charge < -0.3 is 9.47 Å². The summed E-state index contributed by atoms with van der Waals surface area (Å²) in [6.45, 7) is 1.20. The van der Waals surface area contributed by atoms with Gasteiger partial charge in [0.25, 0.3) is 0 Å². The van der Waals surface area contributed by atoms with Gasteiger partial charge in [0.15, 0.2) is 6.29 Å². The molecule has 1 aromatic heterocycles. The summed E-state index contributed by atoms with van der Waals surface area (Å²) in [6, 6.07) is 3.43. The molecule has 4 nitrogen and oxygen atoms in total. The molecule has 0 amide bonds. The molecule has 1 saturated heterocycles. The average Bonchev–Trinajstić information content (AvgIpc) is 2.71. The highest BCUT2D eigenvalue weighted by atomic mass is 16.7. The van der Waals surface area contributed by atoms with Crippen molar-refractivity contribution < 1.29 is 14.3 Å². The number of pyridine rings is 1. The van der Waals surface area contributed by atoms with E-state index in [9.17, 15) is 4.79 Å². The van der Waals surface area contributed by atoms with Gasteiger partial charge in [0.1, 0.15) is 0 Å². The molecular formula is C9H9NO3. The Morgan fingerprint density at radius 2 is 2.15 bits per heavy atom. The van der Waals surface area contributed by atoms with Crippen LogP contribution in [0.2, 0.25) is 0 Å². The van der Waals surface area contributed by atoms with Gasteiger partial charge in [0, 0.05) is 11.8 Å². The second-order valence-corrected chi connectivity index (χ2v) is 2.71. The standard InChI is InChI=1S/C9H9NO3/c11-6-7-1-2-8(10-5-7)9-12-3-4-13-9/h1-2,5-6,9H,3-4H2. The summed E-state index contributed by atoms with van der Waals surface area (Å²) in [4.78, 5) is 14.4. The number of nitrogens with zero attached hydrogens (tertiary/aromatic N) is 1. The van der Waals surface area contributed by atoms with Gasteiger partial charge in [-0.3, -0.25) is 9.78 Å². The van der Waals surface area contributed by atoms with Crippen LogP contribution in [0, 0.1) is 0 Å². The zero-order valence-electron chi connectivity index (χ0n) is 6.97. The van der Waals surface area contributed by atoms with Crippen molar-refractivity contribution >= 4 is 6.29 Å². The quantitative estimate of drug-likeness (QED) is 0.634. The maximum absolute atomic E-state index is 10.3. The Bertz CT molecular complexity index is 290. The number of rotatable bonds is 2. The summed E-state index contributed by atoms with van der Waals surface area (Å²) < 4.78 is 10.5. The van der Waals surface area contributed by atoms with Crippen molar-refractivity contribution in [2.45, 2.75) is 6.29 Å². The van der Waals surface area contributed by atoms with E-state index in [1.165, 1.54) is 6.20 Å². The second-order valence-electron chi connectivity index (χ2n) is 2.71. The van der Waals surface area contributed by atoms with Crippen LogP contribution < -0.4 is 0 Å². The van der Waals surface area contributed by atoms with Crippen molar-refractivity contribution in [2.24, 2.45) is 0 Å². The van der Waals surface area contributed by atoms with Gasteiger partial charge in [-0.2, -0.15) is 0 Å². The first-order chi connectivity index (χ1) is 6.40. The van der Waals surface area contributed by atoms with Gasteiger partial charge in [-0.25, -0.2) is 0 Å². The highest BCUT2D eigenvalue weighted by molar-refractivity contribution is 5.73. The van der Waals surface area contributed by atoms with E-state index in [0.29, 0.717) is 24.5 Å². The van der Waals surface area contributed by atoms with Crippen molar-refractivity contribution in [2.75, 3.05) is 13.2 Å². The van der Waals surface area contributed by atoms with E-state index >= 15 is 0 Å². The van der Waals surface area contributed by atoms with Crippen molar-refractivity contribution in [1.29, 1.82) is 0 Å². The van der Waals surface area contributed by atoms with Crippen LogP contribution in [0.15, 0.2) is 18.3 Å². The molecule has 0 N–H and O–H groups in total. The predicted octanol–water partition coefficient (Wildman–Crippen LogP) is 0.940. The Hall–Kier alpha value is -1.26. The number of aldehydes is 1. The van der Waals surface area contributed by atoms with Gasteiger partial charge in [-0.15, -0.1) is 0 Å². The summed E-state index contributed by atoms with van der Waals surface area (Å²) in [5, 5.41) is 0. The Balaban J connectivity index is 2.16. The molecule has 0 bridgehead atoms. The SMILES string of the molecule is O=Cc1ccc(C2OCCO2)nc1. The molecule has 1 aliphatic heterocycles. The third-order valence-electron chi connectivity index (χ3n) is 1.81. The molecule has 0 saturated carbocycles. The zero-order chi connectivity index (χ0) is 9.10. The minimum absolute atomic E-state index is 0.360. The lowest BCUT2D eigenvalue weighted by Crippen LogP contribution is -2.01. The van der Waals surface area contributed by atoms with Gasteiger partial charge in [0.2, 0.25) is 6.29 Å². The predicted molar refractivity (Wildman–Crippen MR) is 44.3 cm³/mol. The molecule has 0 atom stereocenters. The van der Waals surface area contributed by atoms with Crippen LogP contribution in [-0.2, 0) is 9.47 Å². The number of ether oxygens (including phenoxy) is 2. The normalized spacial score (nSPS) is 17.5. The van der Waals surface area contributed by atoms with Crippen LogP contribution >= 0.6 is 0 Å². The van der Waals surface area contributed by atoms with Crippen LogP contribution in [0.25, 0.3) is 0 Å². The fourth-order valence-electron chi connectivity index (χ4n) is 1.16. The number of carbonyl (C=O) groups is 1. The summed E-state index contributed by atoms with van der Waals surface area (Å²) in [5.74, 6) is 0. The fourth-order valence-corrected chi connectivity index (χ4v) is 1.16. The average molecular weight is 179 g/mol. The maximum atomic E-state index is 10.3. The summed E-state index contributed by atoms with van der Waals surface area (Å²) in [7, 11) is 0. The third kappa shape index (κ3) is 1.74. The first kappa shape index (κ1) is 8.34. The molecule has 4 heteroatoms. The Kier molecular flexibility index (Phi) is 2.33. The number of carbonyl (C=O) groups excluding carboxylic acids is 1. The zero-order valence-corrected chi connectivity index (χ0v) is 6.97. The minimum Gasteiger partial charge on any atom is -0.345 e. The number of hydrogen-bond donors (Lipinski definition) is 0. The molecule has 13 heavy (non-hydrogen) atoms. The van der Waals surface area contributed by atoms with E-state index in [0.717, 1.165) is 6.29 Å². The van der Waals surface area contributed by atoms with E-state index in [4.69, 9.17) is 9.47 Å². The van der Waals surface area contributed by atoms with E-state index < -0.39 is 0 Å². The topological polar surface area (TPSA) is 48.4 Å². The van der Waals surface area contributed by atoms with Crippen LogP contribution in [-0.4, -0.2) is 24.5 Å². The van der Waals surface area contributed by atoms with E-state index in [1.807, 2.05) is 0 Å². The van der Waals surface area contributed by atoms with Gasteiger partial charge >= 0.3 is 0 Å². The van der Waals surface area contributed by atoms with Crippen molar-refractivity contribution in [3.05, 3.63) is 29.6 Å². The maximum Gasteiger partial charge on any atom is 0.201 e. The molecule has 0 spiro atoms. The van der Waals surface area contributed by atoms with Gasteiger partial charge in [-0.05, 0) is 12.1 Å². The second kappa shape index (κ2) is 3.64. The number of hydrogen-bond acceptors (Lipinski definition) is 4. The molecule has 1 fully saturated rings. The van der Waals surface area contributed by atoms with Crippen molar-refractivity contribution in [1.82, 2.24) is 4.98 Å². The Labute approximate surface area is 75.5 Å². The van der Waals surface area contributed by atoms with Gasteiger partial charge in [-0.1, -0.05) is 0 Å². The van der Waals surface area contributed by atoms with Crippen molar-refractivity contribution in [3.63, 3.8) is 0 Å². The van der Waals surface area contributed by atoms with Crippen LogP contribution in [0.4, 0.5) is 0 Å². The van der Waals surface area contributed by atoms with Crippen molar-refractivity contribution in [3.8, 4) is 0 Å². The molecule has 2 heterocycles. The van der Waals surface area contributed by atoms with E-state index in [-0.39, 0.29) is 6.29 Å². The first-order valence-electron chi connectivity index (χ1n) is 4.04. The molecule has 0 radical (unpaired) electrons. The molecule has 2 rings (SSSR count). The first-order valence-corrected chi connectivity index (χ1v) is 4.04. The lowest BCUT2D eigenvalue weighted by molar-refractivity contribution is -0.0472. The molecule has 0 aliphatic carbocycles. The van der Waals surface area contributed by atoms with E-state index in [2.05, 4.69) is 4.98 Å². The summed E-state index contributed by atoms with van der Waals surface area (Å²) in [5.41, 5.74) is 1.27. The fraction of sp³-hybridized carbons (Fsp3) is 0.333. The van der Waals surface area contributed by atoms with Gasteiger partial charge in [0.05, 0.1) is 18.9 Å². The lowest BCUT2D eigenvalue weighted by Gasteiger charge is -2.07. The smallest absolute Gasteiger partial charge is 0.201 e. The van der Waals surface area contributed by atoms with Crippen LogP contribution in [0.3, 0.4) is 0 Å². The molecular weight excluding hydrogens is 170 g/mol. The Morgan fingerprint density at radius 1 is 1.38 bits per heavy atom. The molecule has 1 aromatic rings. The Morgan fingerprint density at radius 3 is 2.69 bits per heavy atom. The molecule has 1 aliphatic rings. The number of aromatic nitrogens is 1. The monoisotopic (exact) mass is 179 g/mol. The molecule has 68 valence electrons. The largest absolute Gasteiger partial charge is 0.345 e. The highest BCUT2D eigenvalue weighted by Gasteiger charge is 2.18. The minimum atomic E-state index is -0.360. The lowest BCUT2D eigenvalue weighted by atomic mass is 10.2. The van der Waals surface area contributed by atoms with E-state index in [1.54, 1.807) is 12.1 Å². The van der Waals surface area contributed by atoms with Crippen LogP contribution in [0.1, 0.15) is 22.3 Å². The third-order valence-corrected chi connectivity index (χ3v) is 1.81. The molecule has 0 aromatic carbocycles. The highest BCUT2D eigenvalue weighted by Crippen LogP contribution is 2.20. The molecule has 0 unspecified atom stereocenters. The summed E-state index contributed by atoms with van der Waals surface area (Å²) in [6.07, 6.45) is 1.90.